The summed E-state index contributed by atoms with van der Waals surface area (Å²) < 4.78 is 3.77. The second kappa shape index (κ2) is 3.59. The summed E-state index contributed by atoms with van der Waals surface area (Å²) in [6.45, 7) is 2.40. The first-order valence-corrected chi connectivity index (χ1v) is 7.28. The lowest BCUT2D eigenvalue weighted by Crippen LogP contribution is -2.88. The molecular weight excluding hydrogens is 276 g/mol. The first-order valence-electron chi connectivity index (χ1n) is 6.48. The molecule has 0 spiro atoms. The summed E-state index contributed by atoms with van der Waals surface area (Å²) >= 11 is 3.61. The summed E-state index contributed by atoms with van der Waals surface area (Å²) in [5.74, 6) is 0. The van der Waals surface area contributed by atoms with E-state index in [0.717, 1.165) is 6.04 Å². The van der Waals surface area contributed by atoms with Crippen LogP contribution in [0.5, 0.6) is 0 Å². The van der Waals surface area contributed by atoms with Crippen LogP contribution in [0.1, 0.15) is 30.1 Å². The second-order valence-corrected chi connectivity index (χ2v) is 6.12. The van der Waals surface area contributed by atoms with Crippen LogP contribution in [0.25, 0.3) is 10.9 Å². The summed E-state index contributed by atoms with van der Waals surface area (Å²) in [6.07, 6.45) is 3.96. The van der Waals surface area contributed by atoms with Gasteiger partial charge in [0.2, 0.25) is 0 Å². The van der Waals surface area contributed by atoms with Crippen molar-refractivity contribution in [1.82, 2.24) is 4.57 Å². The third kappa shape index (κ3) is 1.36. The van der Waals surface area contributed by atoms with E-state index in [1.807, 2.05) is 0 Å². The number of nitrogens with two attached hydrogens (primary N) is 1. The predicted octanol–water partition coefficient (Wildman–Crippen LogP) is 2.36. The van der Waals surface area contributed by atoms with Gasteiger partial charge in [-0.3, -0.25) is 0 Å². The molecule has 2 heterocycles. The third-order valence-corrected chi connectivity index (χ3v) is 4.76. The SMILES string of the molecule is Brc1ccc2c(c1)c1c3n2CC[NH2+]C3CCC1. The van der Waals surface area contributed by atoms with Gasteiger partial charge in [0.15, 0.2) is 0 Å². The average Bonchev–Trinajstić information content (AvgIpc) is 2.67. The van der Waals surface area contributed by atoms with Gasteiger partial charge in [-0.1, -0.05) is 15.9 Å². The van der Waals surface area contributed by atoms with Crippen molar-refractivity contribution < 1.29 is 5.32 Å². The van der Waals surface area contributed by atoms with Gasteiger partial charge in [-0.2, -0.15) is 0 Å². The maximum Gasteiger partial charge on any atom is 0.127 e. The molecule has 0 saturated carbocycles. The Morgan fingerprint density at radius 1 is 1.35 bits per heavy atom. The van der Waals surface area contributed by atoms with Crippen LogP contribution >= 0.6 is 15.9 Å². The van der Waals surface area contributed by atoms with Crippen molar-refractivity contribution in [3.63, 3.8) is 0 Å². The summed E-state index contributed by atoms with van der Waals surface area (Å²) in [5, 5.41) is 4.01. The molecule has 2 nitrogen and oxygen atoms in total. The molecule has 2 aliphatic rings. The van der Waals surface area contributed by atoms with Crippen LogP contribution < -0.4 is 5.32 Å². The Morgan fingerprint density at radius 3 is 3.24 bits per heavy atom. The van der Waals surface area contributed by atoms with Crippen molar-refractivity contribution in [2.75, 3.05) is 6.54 Å². The van der Waals surface area contributed by atoms with Crippen LogP contribution in [0.3, 0.4) is 0 Å². The van der Waals surface area contributed by atoms with E-state index in [4.69, 9.17) is 0 Å². The maximum atomic E-state index is 3.61. The molecule has 17 heavy (non-hydrogen) atoms. The summed E-state index contributed by atoms with van der Waals surface area (Å²) in [5.41, 5.74) is 4.68. The highest BCUT2D eigenvalue weighted by molar-refractivity contribution is 9.10. The lowest BCUT2D eigenvalue weighted by Gasteiger charge is -2.27. The molecule has 3 heteroatoms. The van der Waals surface area contributed by atoms with Gasteiger partial charge in [0, 0.05) is 21.8 Å². The first kappa shape index (κ1) is 10.2. The van der Waals surface area contributed by atoms with Gasteiger partial charge in [0.05, 0.1) is 18.8 Å². The van der Waals surface area contributed by atoms with Crippen LogP contribution in [0.4, 0.5) is 0 Å². The number of rotatable bonds is 0. The Hall–Kier alpha value is -0.800. The topological polar surface area (TPSA) is 21.5 Å². The molecule has 2 N–H and O–H groups in total. The number of halogens is 1. The quantitative estimate of drug-likeness (QED) is 0.770. The summed E-state index contributed by atoms with van der Waals surface area (Å²) in [7, 11) is 0. The molecule has 1 aromatic heterocycles. The molecule has 1 unspecified atom stereocenters. The first-order chi connectivity index (χ1) is 8.34. The number of benzene rings is 1. The lowest BCUT2D eigenvalue weighted by atomic mass is 9.91. The minimum atomic E-state index is 0.721. The van der Waals surface area contributed by atoms with Crippen LogP contribution in [-0.2, 0) is 13.0 Å². The molecule has 1 aliphatic heterocycles. The minimum absolute atomic E-state index is 0.721. The summed E-state index contributed by atoms with van der Waals surface area (Å²) in [4.78, 5) is 0. The Kier molecular flexibility index (Phi) is 2.15. The predicted molar refractivity (Wildman–Crippen MR) is 72.1 cm³/mol. The number of aromatic nitrogens is 1. The van der Waals surface area contributed by atoms with Crippen molar-refractivity contribution in [3.8, 4) is 0 Å². The highest BCUT2D eigenvalue weighted by Crippen LogP contribution is 2.37. The van der Waals surface area contributed by atoms with Gasteiger partial charge in [-0.25, -0.2) is 0 Å². The van der Waals surface area contributed by atoms with Crippen LogP contribution in [0, 0.1) is 0 Å². The van der Waals surface area contributed by atoms with Crippen molar-refractivity contribution >= 4 is 26.8 Å². The van der Waals surface area contributed by atoms with Crippen LogP contribution in [0.15, 0.2) is 22.7 Å². The number of hydrogen-bond donors (Lipinski definition) is 1. The van der Waals surface area contributed by atoms with Gasteiger partial charge in [0.1, 0.15) is 6.04 Å². The van der Waals surface area contributed by atoms with E-state index in [-0.39, 0.29) is 0 Å². The molecule has 4 rings (SSSR count). The third-order valence-electron chi connectivity index (χ3n) is 4.27. The van der Waals surface area contributed by atoms with Crippen LogP contribution in [0.2, 0.25) is 0 Å². The van der Waals surface area contributed by atoms with Gasteiger partial charge >= 0.3 is 0 Å². The van der Waals surface area contributed by atoms with E-state index in [1.165, 1.54) is 47.7 Å². The fraction of sp³-hybridized carbons (Fsp3) is 0.429. The largest absolute Gasteiger partial charge is 0.337 e. The molecule has 0 bridgehead atoms. The number of hydrogen-bond acceptors (Lipinski definition) is 0. The van der Waals surface area contributed by atoms with Gasteiger partial charge in [0.25, 0.3) is 0 Å². The fourth-order valence-electron chi connectivity index (χ4n) is 3.61. The minimum Gasteiger partial charge on any atom is -0.337 e. The van der Waals surface area contributed by atoms with Crippen molar-refractivity contribution in [3.05, 3.63) is 33.9 Å². The number of aryl methyl sites for hydroxylation is 1. The van der Waals surface area contributed by atoms with E-state index in [9.17, 15) is 0 Å². The molecule has 1 atom stereocenters. The highest BCUT2D eigenvalue weighted by Gasteiger charge is 2.32. The molecule has 0 radical (unpaired) electrons. The van der Waals surface area contributed by atoms with Crippen molar-refractivity contribution in [2.45, 2.75) is 31.8 Å². The number of quaternary nitrogens is 1. The van der Waals surface area contributed by atoms with E-state index in [1.54, 1.807) is 11.3 Å². The number of fused-ring (bicyclic) bond motifs is 3. The maximum absolute atomic E-state index is 3.61. The molecular formula is C14H16BrN2+. The molecule has 0 saturated heterocycles. The molecule has 0 amide bonds. The zero-order chi connectivity index (χ0) is 11.4. The van der Waals surface area contributed by atoms with Gasteiger partial charge in [-0.15, -0.1) is 0 Å². The van der Waals surface area contributed by atoms with Crippen LogP contribution in [-0.4, -0.2) is 11.1 Å². The standard InChI is InChI=1S/C14H15BrN2/c15-9-4-5-13-11(8-9)10-2-1-3-12-14(10)17(13)7-6-16-12/h4-5,8,12,16H,1-3,6-7H2/p+1. The zero-order valence-corrected chi connectivity index (χ0v) is 11.3. The van der Waals surface area contributed by atoms with E-state index < -0.39 is 0 Å². The Morgan fingerprint density at radius 2 is 2.29 bits per heavy atom. The van der Waals surface area contributed by atoms with E-state index in [0.29, 0.717) is 0 Å². The molecule has 0 fully saturated rings. The van der Waals surface area contributed by atoms with E-state index in [2.05, 4.69) is 44.0 Å². The van der Waals surface area contributed by atoms with Gasteiger partial charge in [-0.05, 0) is 36.6 Å². The normalized spacial score (nSPS) is 22.8. The van der Waals surface area contributed by atoms with Crippen molar-refractivity contribution in [1.29, 1.82) is 0 Å². The Labute approximate surface area is 109 Å². The van der Waals surface area contributed by atoms with Gasteiger partial charge < -0.3 is 9.88 Å². The van der Waals surface area contributed by atoms with Crippen molar-refractivity contribution in [2.24, 2.45) is 0 Å². The zero-order valence-electron chi connectivity index (χ0n) is 9.75. The smallest absolute Gasteiger partial charge is 0.127 e. The summed E-state index contributed by atoms with van der Waals surface area (Å²) in [6, 6.07) is 7.47. The Bertz CT molecular complexity index is 598. The molecule has 1 aromatic carbocycles. The average molecular weight is 292 g/mol. The molecule has 88 valence electrons. The Balaban J connectivity index is 2.11. The molecule has 2 aromatic rings. The molecule has 1 aliphatic carbocycles. The number of nitrogens with zero attached hydrogens (tertiary/aromatic N) is 1. The second-order valence-electron chi connectivity index (χ2n) is 5.20. The fourth-order valence-corrected chi connectivity index (χ4v) is 3.97. The monoisotopic (exact) mass is 291 g/mol. The van der Waals surface area contributed by atoms with E-state index >= 15 is 0 Å². The highest BCUT2D eigenvalue weighted by atomic mass is 79.9. The lowest BCUT2D eigenvalue weighted by molar-refractivity contribution is -0.704.